The van der Waals surface area contributed by atoms with E-state index in [9.17, 15) is 13.2 Å². The van der Waals surface area contributed by atoms with E-state index in [2.05, 4.69) is 9.71 Å². The Morgan fingerprint density at radius 1 is 1.18 bits per heavy atom. The molecule has 1 aromatic heterocycles. The lowest BCUT2D eigenvalue weighted by Gasteiger charge is -2.09. The Bertz CT molecular complexity index is 804. The SMILES string of the molecule is O=C(O)c1cc(NS(=O)(=O)Cc2cc(Cl)cc(Cl)c2)ccn1. The Hall–Kier alpha value is -1.83. The standard InChI is InChI=1S/C13H10Cl2N2O4S/c14-9-3-8(4-10(15)5-9)7-22(20,21)17-11-1-2-16-12(6-11)13(18)19/h1-6H,7H2,(H,16,17)(H,18,19). The second-order valence-electron chi connectivity index (χ2n) is 4.37. The van der Waals surface area contributed by atoms with E-state index in [1.165, 1.54) is 30.5 Å². The van der Waals surface area contributed by atoms with Crippen molar-refractivity contribution in [3.05, 3.63) is 57.8 Å². The van der Waals surface area contributed by atoms with Crippen molar-refractivity contribution in [2.45, 2.75) is 5.75 Å². The molecule has 0 fully saturated rings. The van der Waals surface area contributed by atoms with E-state index < -0.39 is 16.0 Å². The highest BCUT2D eigenvalue weighted by molar-refractivity contribution is 7.91. The average molecular weight is 361 g/mol. The molecule has 0 unspecified atom stereocenters. The fourth-order valence-corrected chi connectivity index (χ4v) is 3.48. The normalized spacial score (nSPS) is 11.2. The third-order valence-electron chi connectivity index (χ3n) is 2.53. The molecule has 0 saturated heterocycles. The average Bonchev–Trinajstić information content (AvgIpc) is 2.36. The lowest BCUT2D eigenvalue weighted by molar-refractivity contribution is 0.0690. The topological polar surface area (TPSA) is 96.4 Å². The summed E-state index contributed by atoms with van der Waals surface area (Å²) in [6.07, 6.45) is 1.21. The molecule has 0 spiro atoms. The van der Waals surface area contributed by atoms with E-state index in [0.717, 1.165) is 6.07 Å². The van der Waals surface area contributed by atoms with Crippen LogP contribution in [0.15, 0.2) is 36.5 Å². The van der Waals surface area contributed by atoms with Gasteiger partial charge in [-0.3, -0.25) is 4.72 Å². The number of aromatic nitrogens is 1. The number of rotatable bonds is 5. The van der Waals surface area contributed by atoms with Crippen LogP contribution in [-0.4, -0.2) is 24.5 Å². The molecule has 116 valence electrons. The zero-order valence-corrected chi connectivity index (χ0v) is 13.3. The minimum atomic E-state index is -3.75. The van der Waals surface area contributed by atoms with Gasteiger partial charge in [-0.05, 0) is 35.9 Å². The summed E-state index contributed by atoms with van der Waals surface area (Å²) >= 11 is 11.6. The summed E-state index contributed by atoms with van der Waals surface area (Å²) in [5.74, 6) is -1.60. The van der Waals surface area contributed by atoms with Crippen LogP contribution in [-0.2, 0) is 15.8 Å². The maximum absolute atomic E-state index is 12.1. The number of anilines is 1. The molecule has 6 nitrogen and oxygen atoms in total. The van der Waals surface area contributed by atoms with Gasteiger partial charge in [0.05, 0.1) is 11.4 Å². The third-order valence-corrected chi connectivity index (χ3v) is 4.23. The van der Waals surface area contributed by atoms with Crippen molar-refractivity contribution in [3.8, 4) is 0 Å². The summed E-state index contributed by atoms with van der Waals surface area (Å²) in [7, 11) is -3.75. The van der Waals surface area contributed by atoms with Gasteiger partial charge in [-0.15, -0.1) is 0 Å². The quantitative estimate of drug-likeness (QED) is 0.853. The summed E-state index contributed by atoms with van der Waals surface area (Å²) in [5.41, 5.74) is 0.268. The minimum absolute atomic E-state index is 0.112. The molecule has 0 amide bonds. The smallest absolute Gasteiger partial charge is 0.354 e. The zero-order chi connectivity index (χ0) is 16.3. The lowest BCUT2D eigenvalue weighted by atomic mass is 10.2. The van der Waals surface area contributed by atoms with Crippen LogP contribution in [0.5, 0.6) is 0 Å². The van der Waals surface area contributed by atoms with Gasteiger partial charge in [0.25, 0.3) is 0 Å². The lowest BCUT2D eigenvalue weighted by Crippen LogP contribution is -2.15. The number of benzene rings is 1. The van der Waals surface area contributed by atoms with Gasteiger partial charge in [-0.25, -0.2) is 18.2 Å². The van der Waals surface area contributed by atoms with Crippen molar-refractivity contribution in [2.24, 2.45) is 0 Å². The summed E-state index contributed by atoms with van der Waals surface area (Å²) in [6.45, 7) is 0. The second-order valence-corrected chi connectivity index (χ2v) is 6.97. The Morgan fingerprint density at radius 3 is 2.41 bits per heavy atom. The number of aromatic carboxylic acids is 1. The van der Waals surface area contributed by atoms with Crippen molar-refractivity contribution >= 4 is 44.9 Å². The molecule has 0 aliphatic carbocycles. The molecule has 0 radical (unpaired) electrons. The monoisotopic (exact) mass is 360 g/mol. The van der Waals surface area contributed by atoms with Gasteiger partial charge in [0.2, 0.25) is 10.0 Å². The first kappa shape index (κ1) is 16.5. The number of sulfonamides is 1. The van der Waals surface area contributed by atoms with Crippen LogP contribution in [0.1, 0.15) is 16.1 Å². The number of carboxylic acids is 1. The number of nitrogens with zero attached hydrogens (tertiary/aromatic N) is 1. The Labute approximate surface area is 136 Å². The molecule has 0 bridgehead atoms. The van der Waals surface area contributed by atoms with Crippen molar-refractivity contribution in [1.29, 1.82) is 0 Å². The summed E-state index contributed by atoms with van der Waals surface area (Å²) in [5, 5.41) is 9.49. The highest BCUT2D eigenvalue weighted by atomic mass is 35.5. The predicted octanol–water partition coefficient (Wildman–Crippen LogP) is 3.03. The number of hydrogen-bond donors (Lipinski definition) is 2. The Kier molecular flexibility index (Phi) is 4.90. The predicted molar refractivity (Wildman–Crippen MR) is 83.9 cm³/mol. The van der Waals surface area contributed by atoms with Gasteiger partial charge in [0.15, 0.2) is 0 Å². The molecule has 2 N–H and O–H groups in total. The van der Waals surface area contributed by atoms with Crippen LogP contribution in [0.2, 0.25) is 10.0 Å². The molecule has 0 saturated carbocycles. The van der Waals surface area contributed by atoms with Gasteiger partial charge >= 0.3 is 5.97 Å². The summed E-state index contributed by atoms with van der Waals surface area (Å²) in [4.78, 5) is 14.4. The number of halogens is 2. The van der Waals surface area contributed by atoms with Crippen molar-refractivity contribution in [2.75, 3.05) is 4.72 Å². The van der Waals surface area contributed by atoms with Gasteiger partial charge in [-0.2, -0.15) is 0 Å². The largest absolute Gasteiger partial charge is 0.477 e. The van der Waals surface area contributed by atoms with E-state index in [1.54, 1.807) is 0 Å². The number of hydrogen-bond acceptors (Lipinski definition) is 4. The molecule has 2 aromatic rings. The molecule has 9 heteroatoms. The third kappa shape index (κ3) is 4.59. The van der Waals surface area contributed by atoms with Crippen molar-refractivity contribution in [3.63, 3.8) is 0 Å². The van der Waals surface area contributed by atoms with Crippen LogP contribution >= 0.6 is 23.2 Å². The van der Waals surface area contributed by atoms with Gasteiger partial charge in [-0.1, -0.05) is 23.2 Å². The second kappa shape index (κ2) is 6.51. The fraction of sp³-hybridized carbons (Fsp3) is 0.0769. The van der Waals surface area contributed by atoms with Gasteiger partial charge in [0.1, 0.15) is 5.69 Å². The molecule has 1 heterocycles. The van der Waals surface area contributed by atoms with Crippen molar-refractivity contribution in [1.82, 2.24) is 4.98 Å². The summed E-state index contributed by atoms with van der Waals surface area (Å²) in [6, 6.07) is 6.96. The highest BCUT2D eigenvalue weighted by Gasteiger charge is 2.14. The molecule has 22 heavy (non-hydrogen) atoms. The molecular weight excluding hydrogens is 351 g/mol. The Morgan fingerprint density at radius 2 is 1.82 bits per heavy atom. The van der Waals surface area contributed by atoms with Crippen LogP contribution in [0.25, 0.3) is 0 Å². The first-order chi connectivity index (χ1) is 10.2. The highest BCUT2D eigenvalue weighted by Crippen LogP contribution is 2.21. The molecular formula is C13H10Cl2N2O4S. The zero-order valence-electron chi connectivity index (χ0n) is 11.0. The van der Waals surface area contributed by atoms with Crippen LogP contribution in [0.3, 0.4) is 0 Å². The number of pyridine rings is 1. The van der Waals surface area contributed by atoms with E-state index in [4.69, 9.17) is 28.3 Å². The van der Waals surface area contributed by atoms with E-state index in [-0.39, 0.29) is 17.1 Å². The van der Waals surface area contributed by atoms with E-state index >= 15 is 0 Å². The van der Waals surface area contributed by atoms with Crippen LogP contribution in [0, 0.1) is 0 Å². The maximum Gasteiger partial charge on any atom is 0.354 e. The molecule has 0 aliphatic rings. The fourth-order valence-electron chi connectivity index (χ4n) is 1.74. The number of nitrogens with one attached hydrogen (secondary N) is 1. The first-order valence-corrected chi connectivity index (χ1v) is 8.31. The molecule has 0 atom stereocenters. The van der Waals surface area contributed by atoms with E-state index in [1.807, 2.05) is 0 Å². The minimum Gasteiger partial charge on any atom is -0.477 e. The number of carbonyl (C=O) groups is 1. The molecule has 2 rings (SSSR count). The van der Waals surface area contributed by atoms with E-state index in [0.29, 0.717) is 15.6 Å². The van der Waals surface area contributed by atoms with Gasteiger partial charge in [0, 0.05) is 16.2 Å². The maximum atomic E-state index is 12.1. The molecule has 1 aromatic carbocycles. The van der Waals surface area contributed by atoms with Crippen LogP contribution < -0.4 is 4.72 Å². The van der Waals surface area contributed by atoms with Crippen molar-refractivity contribution < 1.29 is 18.3 Å². The molecule has 0 aliphatic heterocycles. The first-order valence-electron chi connectivity index (χ1n) is 5.90. The summed E-state index contributed by atoms with van der Waals surface area (Å²) < 4.78 is 26.5. The number of carboxylic acid groups (broad SMARTS) is 1. The van der Waals surface area contributed by atoms with Gasteiger partial charge < -0.3 is 5.11 Å². The Balaban J connectivity index is 2.20. The van der Waals surface area contributed by atoms with Crippen LogP contribution in [0.4, 0.5) is 5.69 Å².